The molecular formula is C29H27O+. The van der Waals surface area contributed by atoms with Crippen LogP contribution in [-0.4, -0.2) is 0 Å². The second-order valence-electron chi connectivity index (χ2n) is 9.19. The Morgan fingerprint density at radius 1 is 0.633 bits per heavy atom. The van der Waals surface area contributed by atoms with Crippen molar-refractivity contribution in [2.24, 2.45) is 0 Å². The lowest BCUT2D eigenvalue weighted by atomic mass is 9.82. The molecule has 1 heteroatoms. The van der Waals surface area contributed by atoms with Crippen LogP contribution in [0.25, 0.3) is 33.6 Å². The predicted molar refractivity (Wildman–Crippen MR) is 126 cm³/mol. The van der Waals surface area contributed by atoms with Crippen molar-refractivity contribution >= 4 is 0 Å². The first-order chi connectivity index (χ1) is 14.5. The molecule has 1 aliphatic rings. The fourth-order valence-electron chi connectivity index (χ4n) is 4.33. The van der Waals surface area contributed by atoms with Gasteiger partial charge in [-0.15, -0.1) is 0 Å². The molecule has 0 saturated carbocycles. The molecule has 30 heavy (non-hydrogen) atoms. The van der Waals surface area contributed by atoms with Crippen LogP contribution < -0.4 is 0 Å². The maximum absolute atomic E-state index is 6.64. The number of aryl methyl sites for hydroxylation is 1. The van der Waals surface area contributed by atoms with Crippen LogP contribution >= 0.6 is 0 Å². The van der Waals surface area contributed by atoms with Crippen molar-refractivity contribution in [3.63, 3.8) is 0 Å². The van der Waals surface area contributed by atoms with Gasteiger partial charge in [0, 0.05) is 11.6 Å². The van der Waals surface area contributed by atoms with E-state index in [1.165, 1.54) is 38.9 Å². The van der Waals surface area contributed by atoms with Crippen molar-refractivity contribution in [3.05, 3.63) is 102 Å². The Hall–Kier alpha value is -3.19. The third-order valence-electron chi connectivity index (χ3n) is 6.02. The third-order valence-corrected chi connectivity index (χ3v) is 6.02. The zero-order chi connectivity index (χ0) is 20.7. The molecule has 0 radical (unpaired) electrons. The number of fused-ring (bicyclic) bond motifs is 3. The molecule has 0 aliphatic heterocycles. The molecule has 0 fully saturated rings. The van der Waals surface area contributed by atoms with Crippen molar-refractivity contribution in [3.8, 4) is 33.6 Å². The normalized spacial score (nSPS) is 12.9. The summed E-state index contributed by atoms with van der Waals surface area (Å²) in [5.74, 6) is 2.07. The molecule has 1 heterocycles. The van der Waals surface area contributed by atoms with Gasteiger partial charge in [-0.2, -0.15) is 0 Å². The first kappa shape index (κ1) is 18.8. The summed E-state index contributed by atoms with van der Waals surface area (Å²) in [5, 5.41) is 0. The summed E-state index contributed by atoms with van der Waals surface area (Å²) in [6.07, 6.45) is 2.05. The average molecular weight is 392 g/mol. The quantitative estimate of drug-likeness (QED) is 0.315. The van der Waals surface area contributed by atoms with E-state index in [2.05, 4.69) is 106 Å². The minimum Gasteiger partial charge on any atom is -0.211 e. The molecule has 0 spiro atoms. The van der Waals surface area contributed by atoms with E-state index in [9.17, 15) is 0 Å². The summed E-state index contributed by atoms with van der Waals surface area (Å²) in [7, 11) is 0. The van der Waals surface area contributed by atoms with Gasteiger partial charge in [0.25, 0.3) is 0 Å². The lowest BCUT2D eigenvalue weighted by Crippen LogP contribution is -2.14. The van der Waals surface area contributed by atoms with Crippen LogP contribution in [0, 0.1) is 0 Å². The molecule has 3 aromatic carbocycles. The zero-order valence-corrected chi connectivity index (χ0v) is 17.9. The molecule has 1 nitrogen and oxygen atoms in total. The number of rotatable bonds is 2. The van der Waals surface area contributed by atoms with Gasteiger partial charge in [0.2, 0.25) is 0 Å². The second kappa shape index (κ2) is 7.25. The van der Waals surface area contributed by atoms with Gasteiger partial charge < -0.3 is 0 Å². The van der Waals surface area contributed by atoms with Gasteiger partial charge in [0.1, 0.15) is 0 Å². The van der Waals surface area contributed by atoms with Crippen LogP contribution in [0.4, 0.5) is 0 Å². The van der Waals surface area contributed by atoms with Crippen LogP contribution in [-0.2, 0) is 18.3 Å². The second-order valence-corrected chi connectivity index (χ2v) is 9.19. The SMILES string of the molecule is CC(C)(C)c1cc(-c2ccccc2)c2c([o+]1)-c1cc(-c3ccccc3)ccc1CC2. The molecule has 0 saturated heterocycles. The summed E-state index contributed by atoms with van der Waals surface area (Å²) in [5.41, 5.74) is 8.91. The Kier molecular flexibility index (Phi) is 4.55. The van der Waals surface area contributed by atoms with Crippen molar-refractivity contribution in [1.29, 1.82) is 0 Å². The van der Waals surface area contributed by atoms with E-state index in [1.807, 2.05) is 0 Å². The van der Waals surface area contributed by atoms with Crippen LogP contribution in [0.5, 0.6) is 0 Å². The van der Waals surface area contributed by atoms with E-state index < -0.39 is 0 Å². The van der Waals surface area contributed by atoms with Crippen LogP contribution in [0.3, 0.4) is 0 Å². The number of hydrogen-bond donors (Lipinski definition) is 0. The highest BCUT2D eigenvalue weighted by Crippen LogP contribution is 2.43. The molecule has 148 valence electrons. The molecule has 0 N–H and O–H groups in total. The molecule has 5 rings (SSSR count). The zero-order valence-electron chi connectivity index (χ0n) is 17.9. The van der Waals surface area contributed by atoms with Crippen molar-refractivity contribution in [2.45, 2.75) is 39.0 Å². The van der Waals surface area contributed by atoms with Crippen molar-refractivity contribution < 1.29 is 4.42 Å². The highest BCUT2D eigenvalue weighted by atomic mass is 16.3. The molecule has 1 aliphatic carbocycles. The van der Waals surface area contributed by atoms with Gasteiger partial charge >= 0.3 is 11.5 Å². The lowest BCUT2D eigenvalue weighted by Gasteiger charge is -2.19. The summed E-state index contributed by atoms with van der Waals surface area (Å²) in [4.78, 5) is 0. The van der Waals surface area contributed by atoms with E-state index in [1.54, 1.807) is 0 Å². The van der Waals surface area contributed by atoms with Gasteiger partial charge in [-0.3, -0.25) is 0 Å². The average Bonchev–Trinajstić information content (AvgIpc) is 2.78. The fourth-order valence-corrected chi connectivity index (χ4v) is 4.33. The minimum atomic E-state index is -0.0623. The molecule has 4 aromatic rings. The van der Waals surface area contributed by atoms with Crippen LogP contribution in [0.15, 0.2) is 89.3 Å². The monoisotopic (exact) mass is 391 g/mol. The highest BCUT2D eigenvalue weighted by molar-refractivity contribution is 5.81. The fraction of sp³-hybridized carbons (Fsp3) is 0.207. The van der Waals surface area contributed by atoms with E-state index >= 15 is 0 Å². The largest absolute Gasteiger partial charge is 0.364 e. The third kappa shape index (κ3) is 3.35. The highest BCUT2D eigenvalue weighted by Gasteiger charge is 2.35. The van der Waals surface area contributed by atoms with E-state index in [0.29, 0.717) is 0 Å². The Bertz CT molecular complexity index is 1200. The number of benzene rings is 3. The van der Waals surface area contributed by atoms with Gasteiger partial charge in [-0.25, -0.2) is 4.42 Å². The maximum atomic E-state index is 6.64. The predicted octanol–water partition coefficient (Wildman–Crippen LogP) is 7.96. The molecule has 1 aromatic heterocycles. The summed E-state index contributed by atoms with van der Waals surface area (Å²) >= 11 is 0. The molecule has 0 bridgehead atoms. The Morgan fingerprint density at radius 3 is 1.97 bits per heavy atom. The minimum absolute atomic E-state index is 0.0623. The Morgan fingerprint density at radius 2 is 1.30 bits per heavy atom. The summed E-state index contributed by atoms with van der Waals surface area (Å²) in [6.45, 7) is 6.66. The van der Waals surface area contributed by atoms with Crippen molar-refractivity contribution in [1.82, 2.24) is 0 Å². The van der Waals surface area contributed by atoms with Gasteiger partial charge in [0.15, 0.2) is 0 Å². The number of hydrogen-bond acceptors (Lipinski definition) is 0. The topological polar surface area (TPSA) is 11.3 Å². The molecule has 0 unspecified atom stereocenters. The Balaban J connectivity index is 1.76. The summed E-state index contributed by atoms with van der Waals surface area (Å²) < 4.78 is 6.64. The lowest BCUT2D eigenvalue weighted by molar-refractivity contribution is 0.402. The van der Waals surface area contributed by atoms with E-state index in [0.717, 1.165) is 24.4 Å². The maximum Gasteiger partial charge on any atom is 0.364 e. The van der Waals surface area contributed by atoms with Gasteiger partial charge in [-0.05, 0) is 61.9 Å². The van der Waals surface area contributed by atoms with Crippen LogP contribution in [0.2, 0.25) is 0 Å². The van der Waals surface area contributed by atoms with E-state index in [4.69, 9.17) is 4.42 Å². The molecule has 0 amide bonds. The van der Waals surface area contributed by atoms with Gasteiger partial charge in [0.05, 0.1) is 16.5 Å². The molecular weight excluding hydrogens is 364 g/mol. The van der Waals surface area contributed by atoms with Crippen LogP contribution in [0.1, 0.15) is 37.7 Å². The van der Waals surface area contributed by atoms with Crippen molar-refractivity contribution in [2.75, 3.05) is 0 Å². The first-order valence-electron chi connectivity index (χ1n) is 10.8. The first-order valence-corrected chi connectivity index (χ1v) is 10.8. The molecule has 0 atom stereocenters. The van der Waals surface area contributed by atoms with E-state index in [-0.39, 0.29) is 5.41 Å². The smallest absolute Gasteiger partial charge is 0.211 e. The Labute approximate surface area is 179 Å². The van der Waals surface area contributed by atoms with Gasteiger partial charge in [-0.1, -0.05) is 72.8 Å². The standard InChI is InChI=1S/C29H27O/c1-29(2,3)27-19-25(21-12-8-5-9-13-21)24-17-16-22-14-15-23(18-26(22)28(24)30-27)20-10-6-4-7-11-20/h4-15,18-19H,16-17H2,1-3H3/q+1. The summed E-state index contributed by atoms with van der Waals surface area (Å²) in [6, 6.07) is 30.4.